The first-order valence-electron chi connectivity index (χ1n) is 26.6. The molecule has 0 rings (SSSR count). The smallest absolute Gasteiger partial charge is 0.387 e. The van der Waals surface area contributed by atoms with Crippen molar-refractivity contribution in [3.05, 3.63) is 36.5 Å². The van der Waals surface area contributed by atoms with E-state index in [0.29, 0.717) is 6.42 Å². The van der Waals surface area contributed by atoms with E-state index in [0.717, 1.165) is 38.5 Å². The Morgan fingerprint density at radius 2 is 0.855 bits per heavy atom. The lowest BCUT2D eigenvalue weighted by molar-refractivity contribution is -0.123. The van der Waals surface area contributed by atoms with E-state index in [2.05, 4.69) is 43.5 Å². The molecule has 0 aromatic carbocycles. The van der Waals surface area contributed by atoms with Gasteiger partial charge in [-0.2, -0.15) is 0 Å². The summed E-state index contributed by atoms with van der Waals surface area (Å²) in [5, 5.41) is 13.7. The largest absolute Gasteiger partial charge is 0.472 e. The van der Waals surface area contributed by atoms with E-state index in [1.54, 1.807) is 6.08 Å². The highest BCUT2D eigenvalue weighted by Crippen LogP contribution is 2.43. The van der Waals surface area contributed by atoms with Crippen LogP contribution >= 0.6 is 7.82 Å². The third-order valence-electron chi connectivity index (χ3n) is 11.9. The minimum atomic E-state index is -4.35. The maximum absolute atomic E-state index is 12.8. The molecule has 5 N–H and O–H groups in total. The molecule has 0 spiro atoms. The number of carbonyl (C=O) groups excluding carboxylic acids is 1. The summed E-state index contributed by atoms with van der Waals surface area (Å²) in [5.41, 5.74) is 5.39. The van der Waals surface area contributed by atoms with Crippen LogP contribution in [0.25, 0.3) is 0 Å². The zero-order valence-corrected chi connectivity index (χ0v) is 41.8. The van der Waals surface area contributed by atoms with E-state index in [9.17, 15) is 19.4 Å². The van der Waals surface area contributed by atoms with E-state index in [1.807, 2.05) is 6.08 Å². The Morgan fingerprint density at radius 3 is 1.24 bits per heavy atom. The first-order chi connectivity index (χ1) is 30.4. The second kappa shape index (κ2) is 49.2. The number of hydrogen-bond acceptors (Lipinski definition) is 6. The molecule has 366 valence electrons. The number of rotatable bonds is 50. The number of nitrogens with one attached hydrogen (secondary N) is 1. The number of unbranched alkanes of at least 4 members (excludes halogenated alkanes) is 34. The van der Waals surface area contributed by atoms with Crippen molar-refractivity contribution >= 4 is 13.7 Å². The summed E-state index contributed by atoms with van der Waals surface area (Å²) < 4.78 is 22.2. The number of hydrogen-bond donors (Lipinski definition) is 4. The average Bonchev–Trinajstić information content (AvgIpc) is 3.26. The van der Waals surface area contributed by atoms with E-state index >= 15 is 0 Å². The fourth-order valence-electron chi connectivity index (χ4n) is 7.91. The van der Waals surface area contributed by atoms with Gasteiger partial charge in [0.05, 0.1) is 25.4 Å². The van der Waals surface area contributed by atoms with Crippen LogP contribution in [0, 0.1) is 0 Å². The molecule has 0 aromatic heterocycles. The van der Waals surface area contributed by atoms with Crippen molar-refractivity contribution in [2.24, 2.45) is 5.73 Å². The maximum atomic E-state index is 12.8. The van der Waals surface area contributed by atoms with Crippen molar-refractivity contribution in [1.29, 1.82) is 0 Å². The van der Waals surface area contributed by atoms with Gasteiger partial charge in [0.15, 0.2) is 0 Å². The standard InChI is InChI=1S/C53H103N2O6P/c1-3-5-7-9-11-13-15-17-19-21-23-25-26-27-29-31-33-35-37-39-41-43-45-47-53(57)55-51(50-61-62(58,59)60-49-48-54)52(56)46-44-42-40-38-36-34-32-30-28-24-22-20-18-16-14-12-10-8-6-4-2/h21,23,36,38,44,46,51-52,56H,3-20,22,24-35,37,39-43,45,47-50,54H2,1-2H3,(H,55,57)(H,58,59)/b23-21-,38-36+,46-44+. The summed E-state index contributed by atoms with van der Waals surface area (Å²) >= 11 is 0. The van der Waals surface area contributed by atoms with Crippen LogP contribution in [0.3, 0.4) is 0 Å². The van der Waals surface area contributed by atoms with Gasteiger partial charge in [-0.1, -0.05) is 237 Å². The minimum Gasteiger partial charge on any atom is -0.387 e. The zero-order chi connectivity index (χ0) is 45.3. The second-order valence-corrected chi connectivity index (χ2v) is 19.5. The maximum Gasteiger partial charge on any atom is 0.472 e. The number of aliphatic hydroxyl groups is 1. The van der Waals surface area contributed by atoms with Crippen LogP contribution in [0.15, 0.2) is 36.5 Å². The highest BCUT2D eigenvalue weighted by Gasteiger charge is 2.26. The molecule has 3 unspecified atom stereocenters. The second-order valence-electron chi connectivity index (χ2n) is 18.1. The van der Waals surface area contributed by atoms with Gasteiger partial charge in [0.1, 0.15) is 0 Å². The number of phosphoric ester groups is 1. The van der Waals surface area contributed by atoms with Crippen molar-refractivity contribution in [3.63, 3.8) is 0 Å². The first kappa shape index (κ1) is 60.7. The first-order valence-corrected chi connectivity index (χ1v) is 28.1. The Morgan fingerprint density at radius 1 is 0.516 bits per heavy atom. The summed E-state index contributed by atoms with van der Waals surface area (Å²) in [6.07, 6.45) is 60.7. The number of aliphatic hydroxyl groups excluding tert-OH is 1. The van der Waals surface area contributed by atoms with Crippen LogP contribution in [-0.4, -0.2) is 47.8 Å². The van der Waals surface area contributed by atoms with Gasteiger partial charge < -0.3 is 21.1 Å². The Kier molecular flexibility index (Phi) is 48.1. The molecular formula is C53H103N2O6P. The normalized spacial score (nSPS) is 14.1. The Balaban J connectivity index is 4.10. The Hall–Kier alpha value is -1.28. The predicted molar refractivity (Wildman–Crippen MR) is 268 cm³/mol. The molecule has 0 aliphatic rings. The average molecular weight is 895 g/mol. The SMILES string of the molecule is CCCCCCCCCC/C=C\CCCCCCCCCCCCCC(=O)NC(COP(=O)(O)OCCN)C(O)/C=C/CC/C=C/CCCCCCCCCCCCCCCC. The molecule has 0 fully saturated rings. The number of phosphoric acid groups is 1. The van der Waals surface area contributed by atoms with Crippen molar-refractivity contribution in [1.82, 2.24) is 5.32 Å². The lowest BCUT2D eigenvalue weighted by Gasteiger charge is -2.23. The third kappa shape index (κ3) is 46.7. The molecule has 0 saturated heterocycles. The van der Waals surface area contributed by atoms with Crippen LogP contribution in [0.4, 0.5) is 0 Å². The summed E-state index contributed by atoms with van der Waals surface area (Å²) in [6, 6.07) is -0.877. The molecule has 0 saturated carbocycles. The van der Waals surface area contributed by atoms with Gasteiger partial charge in [0, 0.05) is 13.0 Å². The molecule has 1 amide bonds. The van der Waals surface area contributed by atoms with Crippen LogP contribution in [0.5, 0.6) is 0 Å². The van der Waals surface area contributed by atoms with Gasteiger partial charge in [-0.05, 0) is 57.8 Å². The Labute approximate surface area is 384 Å². The summed E-state index contributed by atoms with van der Waals surface area (Å²) in [6.45, 7) is 4.15. The lowest BCUT2D eigenvalue weighted by atomic mass is 10.0. The summed E-state index contributed by atoms with van der Waals surface area (Å²) in [7, 11) is -4.35. The monoisotopic (exact) mass is 895 g/mol. The zero-order valence-electron chi connectivity index (χ0n) is 40.9. The Bertz CT molecular complexity index is 1070. The van der Waals surface area contributed by atoms with Gasteiger partial charge >= 0.3 is 7.82 Å². The van der Waals surface area contributed by atoms with E-state index < -0.39 is 20.0 Å². The van der Waals surface area contributed by atoms with Gasteiger partial charge in [-0.3, -0.25) is 13.8 Å². The van der Waals surface area contributed by atoms with Crippen LogP contribution in [0.1, 0.15) is 264 Å². The quantitative estimate of drug-likeness (QED) is 0.0272. The van der Waals surface area contributed by atoms with Crippen LogP contribution < -0.4 is 11.1 Å². The fourth-order valence-corrected chi connectivity index (χ4v) is 8.67. The third-order valence-corrected chi connectivity index (χ3v) is 12.9. The molecule has 0 radical (unpaired) electrons. The number of nitrogens with two attached hydrogens (primary N) is 1. The summed E-state index contributed by atoms with van der Waals surface area (Å²) in [5.74, 6) is -0.202. The molecule has 0 aliphatic carbocycles. The summed E-state index contributed by atoms with van der Waals surface area (Å²) in [4.78, 5) is 22.8. The highest BCUT2D eigenvalue weighted by atomic mass is 31.2. The van der Waals surface area contributed by atoms with Gasteiger partial charge in [0.2, 0.25) is 5.91 Å². The van der Waals surface area contributed by atoms with Crippen molar-refractivity contribution in [2.75, 3.05) is 19.8 Å². The molecular weight excluding hydrogens is 792 g/mol. The number of allylic oxidation sites excluding steroid dienone is 5. The lowest BCUT2D eigenvalue weighted by Crippen LogP contribution is -2.45. The number of amides is 1. The van der Waals surface area contributed by atoms with E-state index in [4.69, 9.17) is 14.8 Å². The van der Waals surface area contributed by atoms with Crippen LogP contribution in [0.2, 0.25) is 0 Å². The van der Waals surface area contributed by atoms with Crippen molar-refractivity contribution in [3.8, 4) is 0 Å². The van der Waals surface area contributed by atoms with E-state index in [1.165, 1.54) is 205 Å². The molecule has 0 bridgehead atoms. The molecule has 0 aliphatic heterocycles. The minimum absolute atomic E-state index is 0.0745. The molecule has 0 aromatic rings. The van der Waals surface area contributed by atoms with E-state index in [-0.39, 0.29) is 25.7 Å². The van der Waals surface area contributed by atoms with Crippen molar-refractivity contribution in [2.45, 2.75) is 276 Å². The van der Waals surface area contributed by atoms with Crippen LogP contribution in [-0.2, 0) is 18.4 Å². The molecule has 62 heavy (non-hydrogen) atoms. The fraction of sp³-hybridized carbons (Fsp3) is 0.868. The predicted octanol–water partition coefficient (Wildman–Crippen LogP) is 15.8. The topological polar surface area (TPSA) is 131 Å². The number of carbonyl (C=O) groups is 1. The molecule has 8 nitrogen and oxygen atoms in total. The molecule has 9 heteroatoms. The van der Waals surface area contributed by atoms with Gasteiger partial charge in [-0.15, -0.1) is 0 Å². The molecule has 0 heterocycles. The van der Waals surface area contributed by atoms with Crippen molar-refractivity contribution < 1.29 is 28.4 Å². The highest BCUT2D eigenvalue weighted by molar-refractivity contribution is 7.47. The van der Waals surface area contributed by atoms with Gasteiger partial charge in [0.25, 0.3) is 0 Å². The van der Waals surface area contributed by atoms with Gasteiger partial charge in [-0.25, -0.2) is 4.57 Å². The molecule has 3 atom stereocenters.